The quantitative estimate of drug-likeness (QED) is 0.0659. The smallest absolute Gasteiger partial charge is 0.338 e. The Morgan fingerprint density at radius 2 is 1.67 bits per heavy atom. The lowest BCUT2D eigenvalue weighted by Crippen LogP contribution is -2.36. The fourth-order valence-corrected chi connectivity index (χ4v) is 5.87. The highest BCUT2D eigenvalue weighted by atomic mass is 16.6. The van der Waals surface area contributed by atoms with Gasteiger partial charge in [0.15, 0.2) is 0 Å². The Kier molecular flexibility index (Phi) is 12.8. The Bertz CT molecular complexity index is 1310. The molecular formula is C34H42N2O9. The van der Waals surface area contributed by atoms with Crippen molar-refractivity contribution in [3.8, 4) is 0 Å². The summed E-state index contributed by atoms with van der Waals surface area (Å²) in [6.07, 6.45) is 10.8. The molecular weight excluding hydrogens is 580 g/mol. The summed E-state index contributed by atoms with van der Waals surface area (Å²) in [6, 6.07) is 12.7. The first-order chi connectivity index (χ1) is 21.7. The highest BCUT2D eigenvalue weighted by Gasteiger charge is 2.31. The van der Waals surface area contributed by atoms with Crippen molar-refractivity contribution in [2.45, 2.75) is 89.3 Å². The minimum Gasteiger partial charge on any atom is -0.458 e. The second-order valence-electron chi connectivity index (χ2n) is 11.8. The first-order valence-electron chi connectivity index (χ1n) is 15.5. The molecule has 2 fully saturated rings. The average molecular weight is 623 g/mol. The second kappa shape index (κ2) is 17.0. The van der Waals surface area contributed by atoms with E-state index in [9.17, 15) is 25.0 Å². The van der Waals surface area contributed by atoms with Crippen LogP contribution in [0, 0.1) is 26.1 Å². The van der Waals surface area contributed by atoms with Gasteiger partial charge in [0.2, 0.25) is 0 Å². The van der Waals surface area contributed by atoms with E-state index in [-0.39, 0.29) is 36.6 Å². The molecule has 11 nitrogen and oxygen atoms in total. The van der Waals surface area contributed by atoms with Crippen LogP contribution >= 0.6 is 0 Å². The molecule has 0 spiro atoms. The fraction of sp³-hybridized carbons (Fsp3) is 0.500. The molecule has 2 aliphatic rings. The third-order valence-corrected chi connectivity index (χ3v) is 8.21. The zero-order chi connectivity index (χ0) is 32.2. The number of esters is 1. The number of hydrogen-bond donors (Lipinski definition) is 0. The Balaban J connectivity index is 1.38. The molecule has 242 valence electrons. The third-order valence-electron chi connectivity index (χ3n) is 8.21. The first-order valence-corrected chi connectivity index (χ1v) is 15.5. The van der Waals surface area contributed by atoms with Gasteiger partial charge in [-0.25, -0.2) is 4.79 Å². The van der Waals surface area contributed by atoms with Crippen molar-refractivity contribution in [1.82, 2.24) is 0 Å². The molecule has 2 heterocycles. The maximum absolute atomic E-state index is 12.7. The van der Waals surface area contributed by atoms with Crippen LogP contribution in [0.5, 0.6) is 0 Å². The van der Waals surface area contributed by atoms with Crippen molar-refractivity contribution in [3.63, 3.8) is 0 Å². The van der Waals surface area contributed by atoms with E-state index in [1.807, 2.05) is 42.5 Å². The molecule has 0 radical (unpaired) electrons. The van der Waals surface area contributed by atoms with Gasteiger partial charge in [0.05, 0.1) is 52.5 Å². The van der Waals surface area contributed by atoms with E-state index in [2.05, 4.69) is 13.5 Å². The summed E-state index contributed by atoms with van der Waals surface area (Å²) in [5.41, 5.74) is 0.828. The molecule has 0 unspecified atom stereocenters. The summed E-state index contributed by atoms with van der Waals surface area (Å²) < 4.78 is 24.3. The summed E-state index contributed by atoms with van der Waals surface area (Å²) in [5.74, 6) is -0.478. The van der Waals surface area contributed by atoms with Gasteiger partial charge in [-0.2, -0.15) is 0 Å². The molecule has 0 saturated carbocycles. The Labute approximate surface area is 263 Å². The number of rotatable bonds is 15. The van der Waals surface area contributed by atoms with Crippen molar-refractivity contribution >= 4 is 17.3 Å². The molecule has 2 aliphatic heterocycles. The summed E-state index contributed by atoms with van der Waals surface area (Å²) in [7, 11) is 0. The molecule has 45 heavy (non-hydrogen) atoms. The summed E-state index contributed by atoms with van der Waals surface area (Å²) in [6.45, 7) is 7.03. The number of carbonyl (C=O) groups is 1. The predicted molar refractivity (Wildman–Crippen MR) is 168 cm³/mol. The fourth-order valence-electron chi connectivity index (χ4n) is 5.87. The van der Waals surface area contributed by atoms with Crippen LogP contribution in [0.1, 0.15) is 74.2 Å². The number of non-ortho nitro benzene ring substituents is 2. The minimum absolute atomic E-state index is 0.0696. The summed E-state index contributed by atoms with van der Waals surface area (Å²) in [5, 5.41) is 22.4. The average Bonchev–Trinajstić information content (AvgIpc) is 3.03. The SMILES string of the molecule is C=C[C@H](C)C[C@H]1CCC[C@@H](C[C@H]2C/C(=C\COC(=O)c3cc([N+](=O)[O-])cc([N+](=O)[O-])c3)C[C@@H](CCOCc3ccccc3)O2)O1. The van der Waals surface area contributed by atoms with Crippen LogP contribution in [-0.2, 0) is 25.6 Å². The number of allylic oxidation sites excluding steroid dienone is 1. The lowest BCUT2D eigenvalue weighted by Gasteiger charge is -2.37. The Hall–Kier alpha value is -3.93. The number of benzene rings is 2. The predicted octanol–water partition coefficient (Wildman–Crippen LogP) is 7.28. The van der Waals surface area contributed by atoms with E-state index >= 15 is 0 Å². The number of ether oxygens (including phenoxy) is 4. The van der Waals surface area contributed by atoms with E-state index in [0.717, 1.165) is 61.4 Å². The van der Waals surface area contributed by atoms with Gasteiger partial charge in [0.25, 0.3) is 11.4 Å². The molecule has 0 bridgehead atoms. The van der Waals surface area contributed by atoms with Crippen LogP contribution < -0.4 is 0 Å². The number of nitrogens with zero attached hydrogens (tertiary/aromatic N) is 2. The van der Waals surface area contributed by atoms with Crippen LogP contribution in [-0.4, -0.2) is 53.4 Å². The molecule has 2 aromatic carbocycles. The van der Waals surface area contributed by atoms with Crippen molar-refractivity contribution in [1.29, 1.82) is 0 Å². The van der Waals surface area contributed by atoms with E-state index in [0.29, 0.717) is 38.4 Å². The van der Waals surface area contributed by atoms with Crippen LogP contribution in [0.25, 0.3) is 0 Å². The molecule has 0 aliphatic carbocycles. The van der Waals surface area contributed by atoms with Gasteiger partial charge in [0, 0.05) is 25.2 Å². The maximum atomic E-state index is 12.7. The minimum atomic E-state index is -0.872. The molecule has 0 aromatic heterocycles. The Morgan fingerprint density at radius 1 is 1.00 bits per heavy atom. The van der Waals surface area contributed by atoms with Gasteiger partial charge in [-0.05, 0) is 62.5 Å². The number of nitro benzene ring substituents is 2. The molecule has 5 atom stereocenters. The number of nitro groups is 2. The van der Waals surface area contributed by atoms with Gasteiger partial charge < -0.3 is 18.9 Å². The van der Waals surface area contributed by atoms with Gasteiger partial charge in [-0.15, -0.1) is 6.58 Å². The zero-order valence-electron chi connectivity index (χ0n) is 25.7. The topological polar surface area (TPSA) is 140 Å². The van der Waals surface area contributed by atoms with Crippen molar-refractivity contribution < 1.29 is 33.6 Å². The molecule has 2 aromatic rings. The maximum Gasteiger partial charge on any atom is 0.338 e. The number of hydrogen-bond acceptors (Lipinski definition) is 9. The third kappa shape index (κ3) is 10.9. The highest BCUT2D eigenvalue weighted by Crippen LogP contribution is 2.33. The highest BCUT2D eigenvalue weighted by molar-refractivity contribution is 5.91. The second-order valence-corrected chi connectivity index (χ2v) is 11.8. The van der Waals surface area contributed by atoms with Crippen molar-refractivity contribution in [2.24, 2.45) is 5.92 Å². The Morgan fingerprint density at radius 3 is 2.36 bits per heavy atom. The molecule has 2 saturated heterocycles. The zero-order valence-corrected chi connectivity index (χ0v) is 25.7. The van der Waals surface area contributed by atoms with E-state index in [1.165, 1.54) is 0 Å². The van der Waals surface area contributed by atoms with E-state index < -0.39 is 27.2 Å². The summed E-state index contributed by atoms with van der Waals surface area (Å²) >= 11 is 0. The van der Waals surface area contributed by atoms with Crippen molar-refractivity contribution in [2.75, 3.05) is 13.2 Å². The molecule has 0 amide bonds. The molecule has 11 heteroatoms. The lowest BCUT2D eigenvalue weighted by molar-refractivity contribution is -0.394. The van der Waals surface area contributed by atoms with Crippen LogP contribution in [0.2, 0.25) is 0 Å². The van der Waals surface area contributed by atoms with Gasteiger partial charge >= 0.3 is 5.97 Å². The van der Waals surface area contributed by atoms with Crippen LogP contribution in [0.3, 0.4) is 0 Å². The molecule has 0 N–H and O–H groups in total. The van der Waals surface area contributed by atoms with E-state index in [1.54, 1.807) is 0 Å². The largest absolute Gasteiger partial charge is 0.458 e. The normalized spacial score (nSPS) is 23.3. The van der Waals surface area contributed by atoms with Crippen molar-refractivity contribution in [3.05, 3.63) is 104 Å². The number of carbonyl (C=O) groups excluding carboxylic acids is 1. The van der Waals surface area contributed by atoms with Crippen LogP contribution in [0.4, 0.5) is 11.4 Å². The molecule has 4 rings (SSSR count). The van der Waals surface area contributed by atoms with Crippen LogP contribution in [0.15, 0.2) is 72.8 Å². The standard InChI is InChI=1S/C34H42N2O9/c1-3-24(2)16-30-10-7-11-31(44-30)22-33-18-26(17-32(45-33)13-14-42-23-25-8-5-4-6-9-25)12-15-43-34(37)27-19-28(35(38)39)21-29(20-27)36(40)41/h3-6,8-9,12,19-21,24,30-33H,1,7,10-11,13-18,22-23H2,2H3/b26-12-/t24-,30+,31-,32+,33+/m0/s1. The monoisotopic (exact) mass is 622 g/mol. The lowest BCUT2D eigenvalue weighted by atomic mass is 9.90. The summed E-state index contributed by atoms with van der Waals surface area (Å²) in [4.78, 5) is 33.5. The van der Waals surface area contributed by atoms with E-state index in [4.69, 9.17) is 18.9 Å². The van der Waals surface area contributed by atoms with Gasteiger partial charge in [-0.1, -0.05) is 48.9 Å². The first kappa shape index (κ1) is 34.0. The van der Waals surface area contributed by atoms with Gasteiger partial charge in [-0.3, -0.25) is 20.2 Å². The van der Waals surface area contributed by atoms with Gasteiger partial charge in [0.1, 0.15) is 6.61 Å².